The lowest BCUT2D eigenvalue weighted by atomic mass is 10.0. The standard InChI is InChI=1S/C46H30N4S/c1-2-11-31(12-3-1)49-40-18-7-4-13-32(40)37-27-29(21-23-42(37)49)30-22-24-43-38(28-30)33-14-5-8-19-41(33)50(43)46-47-26-25-39(48-46)36-17-10-16-35-34-15-6-9-20-44(34)51-45(35)36/h1-28,39H,(H,47,48). The van der Waals surface area contributed by atoms with Gasteiger partial charge in [-0.3, -0.25) is 4.57 Å². The highest BCUT2D eigenvalue weighted by Crippen LogP contribution is 2.40. The van der Waals surface area contributed by atoms with Gasteiger partial charge in [-0.25, -0.2) is 4.99 Å². The predicted octanol–water partition coefficient (Wildman–Crippen LogP) is 12.0. The summed E-state index contributed by atoms with van der Waals surface area (Å²) in [5.74, 6) is 0.828. The number of para-hydroxylation sites is 3. The second-order valence-electron chi connectivity index (χ2n) is 13.2. The van der Waals surface area contributed by atoms with Crippen molar-refractivity contribution in [2.45, 2.75) is 6.04 Å². The van der Waals surface area contributed by atoms with Gasteiger partial charge in [0, 0.05) is 53.6 Å². The minimum atomic E-state index is -0.00510. The molecule has 1 atom stereocenters. The third-order valence-electron chi connectivity index (χ3n) is 10.4. The molecule has 0 amide bonds. The number of aliphatic imine (C=N–C) groups is 1. The summed E-state index contributed by atoms with van der Waals surface area (Å²) in [5.41, 5.74) is 9.51. The monoisotopic (exact) mass is 670 g/mol. The van der Waals surface area contributed by atoms with Crippen molar-refractivity contribution in [1.29, 1.82) is 0 Å². The average molecular weight is 671 g/mol. The maximum atomic E-state index is 4.93. The van der Waals surface area contributed by atoms with E-state index in [1.807, 2.05) is 17.5 Å². The number of nitrogens with one attached hydrogen (secondary N) is 1. The molecule has 1 unspecified atom stereocenters. The molecular weight excluding hydrogens is 641 g/mol. The van der Waals surface area contributed by atoms with Gasteiger partial charge in [0.2, 0.25) is 5.96 Å². The fourth-order valence-electron chi connectivity index (χ4n) is 8.13. The van der Waals surface area contributed by atoms with Crippen molar-refractivity contribution < 1.29 is 0 Å². The van der Waals surface area contributed by atoms with Crippen LogP contribution in [0.1, 0.15) is 11.6 Å². The molecule has 4 nitrogen and oxygen atoms in total. The van der Waals surface area contributed by atoms with Crippen LogP contribution in [0, 0.1) is 0 Å². The Bertz CT molecular complexity index is 3070. The van der Waals surface area contributed by atoms with Crippen LogP contribution in [-0.4, -0.2) is 15.1 Å². The maximum absolute atomic E-state index is 4.93. The Morgan fingerprint density at radius 3 is 1.82 bits per heavy atom. The van der Waals surface area contributed by atoms with Crippen LogP contribution in [-0.2, 0) is 0 Å². The molecule has 3 aromatic heterocycles. The van der Waals surface area contributed by atoms with E-state index in [0.29, 0.717) is 0 Å². The topological polar surface area (TPSA) is 34.2 Å². The van der Waals surface area contributed by atoms with Gasteiger partial charge in [0.25, 0.3) is 0 Å². The largest absolute Gasteiger partial charge is 0.345 e. The smallest absolute Gasteiger partial charge is 0.208 e. The van der Waals surface area contributed by atoms with E-state index in [1.165, 1.54) is 75.1 Å². The van der Waals surface area contributed by atoms with E-state index >= 15 is 0 Å². The van der Waals surface area contributed by atoms with Crippen molar-refractivity contribution in [2.75, 3.05) is 0 Å². The van der Waals surface area contributed by atoms with Gasteiger partial charge in [0.05, 0.1) is 28.1 Å². The third-order valence-corrected chi connectivity index (χ3v) is 11.7. The van der Waals surface area contributed by atoms with E-state index in [1.54, 1.807) is 0 Å². The van der Waals surface area contributed by atoms with E-state index in [9.17, 15) is 0 Å². The highest BCUT2D eigenvalue weighted by molar-refractivity contribution is 7.26. The molecule has 51 heavy (non-hydrogen) atoms. The van der Waals surface area contributed by atoms with E-state index in [4.69, 9.17) is 4.99 Å². The normalized spacial score (nSPS) is 14.7. The Labute approximate surface area is 297 Å². The highest BCUT2D eigenvalue weighted by atomic mass is 32.1. The summed E-state index contributed by atoms with van der Waals surface area (Å²) in [6.45, 7) is 0. The van der Waals surface area contributed by atoms with Crippen LogP contribution in [0.25, 0.3) is 80.6 Å². The number of hydrogen-bond acceptors (Lipinski definition) is 3. The van der Waals surface area contributed by atoms with Gasteiger partial charge < -0.3 is 9.88 Å². The Kier molecular flexibility index (Phi) is 6.15. The van der Waals surface area contributed by atoms with Gasteiger partial charge >= 0.3 is 0 Å². The molecule has 5 heteroatoms. The summed E-state index contributed by atoms with van der Waals surface area (Å²) in [5, 5.41) is 11.4. The van der Waals surface area contributed by atoms with Crippen molar-refractivity contribution in [3.05, 3.63) is 176 Å². The zero-order valence-corrected chi connectivity index (χ0v) is 28.3. The Morgan fingerprint density at radius 2 is 1.08 bits per heavy atom. The summed E-state index contributed by atoms with van der Waals surface area (Å²) in [4.78, 5) is 4.93. The van der Waals surface area contributed by atoms with Gasteiger partial charge in [0.1, 0.15) is 0 Å². The number of aromatic nitrogens is 2. The summed E-state index contributed by atoms with van der Waals surface area (Å²) in [6, 6.07) is 57.1. The molecule has 7 aromatic carbocycles. The van der Waals surface area contributed by atoms with Crippen molar-refractivity contribution >= 4 is 81.1 Å². The van der Waals surface area contributed by atoms with E-state index in [-0.39, 0.29) is 6.04 Å². The SMILES string of the molecule is C1=CC(c2cccc3c2sc2ccccc23)NC(n2c3ccccc3c3cc(-c4ccc5c(c4)c4ccccc4n5-c4ccccc4)ccc32)=N1. The zero-order chi connectivity index (χ0) is 33.5. The zero-order valence-electron chi connectivity index (χ0n) is 27.5. The van der Waals surface area contributed by atoms with Crippen molar-refractivity contribution in [1.82, 2.24) is 14.5 Å². The number of hydrogen-bond donors (Lipinski definition) is 1. The van der Waals surface area contributed by atoms with Crippen LogP contribution in [0.4, 0.5) is 0 Å². The van der Waals surface area contributed by atoms with Crippen LogP contribution in [0.15, 0.2) is 175 Å². The number of rotatable bonds is 3. The van der Waals surface area contributed by atoms with E-state index in [0.717, 1.165) is 17.0 Å². The fourth-order valence-corrected chi connectivity index (χ4v) is 9.39. The van der Waals surface area contributed by atoms with Crippen molar-refractivity contribution in [3.63, 3.8) is 0 Å². The Hall–Kier alpha value is -6.43. The first-order valence-corrected chi connectivity index (χ1v) is 18.2. The molecule has 11 rings (SSSR count). The molecule has 0 saturated heterocycles. The van der Waals surface area contributed by atoms with Crippen molar-refractivity contribution in [2.24, 2.45) is 4.99 Å². The molecule has 0 saturated carbocycles. The Morgan fingerprint density at radius 1 is 0.490 bits per heavy atom. The quantitative estimate of drug-likeness (QED) is 0.199. The molecule has 10 aromatic rings. The minimum Gasteiger partial charge on any atom is -0.345 e. The van der Waals surface area contributed by atoms with E-state index < -0.39 is 0 Å². The molecule has 0 fully saturated rings. The van der Waals surface area contributed by atoms with Gasteiger partial charge in [0.15, 0.2) is 0 Å². The first kappa shape index (κ1) is 28.4. The fraction of sp³-hybridized carbons (Fsp3) is 0.0217. The van der Waals surface area contributed by atoms with Crippen LogP contribution in [0.3, 0.4) is 0 Å². The van der Waals surface area contributed by atoms with Gasteiger partial charge in [-0.1, -0.05) is 103 Å². The summed E-state index contributed by atoms with van der Waals surface area (Å²) < 4.78 is 7.28. The molecule has 0 radical (unpaired) electrons. The summed E-state index contributed by atoms with van der Waals surface area (Å²) in [7, 11) is 0. The number of nitrogens with zero attached hydrogens (tertiary/aromatic N) is 3. The van der Waals surface area contributed by atoms with E-state index in [2.05, 4.69) is 178 Å². The minimum absolute atomic E-state index is 0.00510. The molecule has 1 aliphatic rings. The van der Waals surface area contributed by atoms with Crippen LogP contribution < -0.4 is 5.32 Å². The summed E-state index contributed by atoms with van der Waals surface area (Å²) >= 11 is 1.86. The number of thiophene rings is 1. The second-order valence-corrected chi connectivity index (χ2v) is 14.3. The molecule has 1 N–H and O–H groups in total. The molecule has 0 bridgehead atoms. The van der Waals surface area contributed by atoms with Gasteiger partial charge in [-0.15, -0.1) is 11.3 Å². The van der Waals surface area contributed by atoms with Crippen molar-refractivity contribution in [3.8, 4) is 16.8 Å². The molecule has 0 spiro atoms. The predicted molar refractivity (Wildman–Crippen MR) is 216 cm³/mol. The van der Waals surface area contributed by atoms with Crippen LogP contribution in [0.2, 0.25) is 0 Å². The molecule has 4 heterocycles. The van der Waals surface area contributed by atoms with Gasteiger partial charge in [-0.05, 0) is 77.4 Å². The highest BCUT2D eigenvalue weighted by Gasteiger charge is 2.22. The lowest BCUT2D eigenvalue weighted by molar-refractivity contribution is 0.763. The first-order chi connectivity index (χ1) is 25.3. The Balaban J connectivity index is 1.03. The molecule has 0 aliphatic carbocycles. The third kappa shape index (κ3) is 4.28. The van der Waals surface area contributed by atoms with Gasteiger partial charge in [-0.2, -0.15) is 0 Å². The molecular formula is C46H30N4S. The average Bonchev–Trinajstić information content (AvgIpc) is 3.85. The molecule has 240 valence electrons. The number of benzene rings is 7. The number of fused-ring (bicyclic) bond motifs is 9. The summed E-state index contributed by atoms with van der Waals surface area (Å²) in [6.07, 6.45) is 4.12. The lowest BCUT2D eigenvalue weighted by Gasteiger charge is -2.23. The first-order valence-electron chi connectivity index (χ1n) is 17.3. The lowest BCUT2D eigenvalue weighted by Crippen LogP contribution is -2.34. The van der Waals surface area contributed by atoms with Crippen LogP contribution >= 0.6 is 11.3 Å². The van der Waals surface area contributed by atoms with Crippen LogP contribution in [0.5, 0.6) is 0 Å². The molecule has 1 aliphatic heterocycles. The second kappa shape index (κ2) is 11.0. The maximum Gasteiger partial charge on any atom is 0.208 e.